The van der Waals surface area contributed by atoms with Gasteiger partial charge in [0.05, 0.1) is 32.6 Å². The average molecular weight is 454 g/mol. The molecule has 1 atom stereocenters. The Bertz CT molecular complexity index is 1160. The standard InChI is InChI=1S/C23H23N3O5S/c1-23(29)13-31-11-16-7-6-15(9-18(16)23)21(28)24-10-20(27)26-22-25-19(12-32-22)14-4-3-5-17(8-14)30-2/h3-9,12,29H,10-11,13H2,1-2H3,(H,24,28)(H,25,26,27). The second-order valence-electron chi connectivity index (χ2n) is 7.64. The van der Waals surface area contributed by atoms with E-state index in [1.807, 2.05) is 29.6 Å². The number of carbonyl (C=O) groups excluding carboxylic acids is 2. The Kier molecular flexibility index (Phi) is 6.22. The minimum Gasteiger partial charge on any atom is -0.497 e. The topological polar surface area (TPSA) is 110 Å². The Morgan fingerprint density at radius 2 is 2.12 bits per heavy atom. The summed E-state index contributed by atoms with van der Waals surface area (Å²) in [5.41, 5.74) is 2.31. The fourth-order valence-electron chi connectivity index (χ4n) is 3.45. The third-order valence-electron chi connectivity index (χ3n) is 5.12. The summed E-state index contributed by atoms with van der Waals surface area (Å²) in [7, 11) is 1.60. The van der Waals surface area contributed by atoms with Crippen molar-refractivity contribution in [3.8, 4) is 17.0 Å². The molecular formula is C23H23N3O5S. The predicted octanol–water partition coefficient (Wildman–Crippen LogP) is 2.92. The Labute approximate surface area is 189 Å². The number of hydrogen-bond acceptors (Lipinski definition) is 7. The number of nitrogens with zero attached hydrogens (tertiary/aromatic N) is 1. The van der Waals surface area contributed by atoms with Crippen LogP contribution in [0.4, 0.5) is 5.13 Å². The first-order valence-electron chi connectivity index (χ1n) is 9.97. The van der Waals surface area contributed by atoms with Gasteiger partial charge in [0.25, 0.3) is 5.91 Å². The molecule has 2 heterocycles. The highest BCUT2D eigenvalue weighted by molar-refractivity contribution is 7.14. The minimum atomic E-state index is -1.16. The lowest BCUT2D eigenvalue weighted by Crippen LogP contribution is -2.35. The van der Waals surface area contributed by atoms with Crippen molar-refractivity contribution in [2.75, 3.05) is 25.6 Å². The van der Waals surface area contributed by atoms with E-state index in [1.165, 1.54) is 11.3 Å². The van der Waals surface area contributed by atoms with E-state index in [4.69, 9.17) is 9.47 Å². The summed E-state index contributed by atoms with van der Waals surface area (Å²) in [6.45, 7) is 2.00. The molecule has 32 heavy (non-hydrogen) atoms. The molecule has 1 aromatic heterocycles. The van der Waals surface area contributed by atoms with Crippen LogP contribution in [0, 0.1) is 0 Å². The molecule has 8 nitrogen and oxygen atoms in total. The number of amides is 2. The number of carbonyl (C=O) groups is 2. The first kappa shape index (κ1) is 21.9. The summed E-state index contributed by atoms with van der Waals surface area (Å²) >= 11 is 1.30. The van der Waals surface area contributed by atoms with Crippen molar-refractivity contribution < 1.29 is 24.2 Å². The third-order valence-corrected chi connectivity index (χ3v) is 5.88. The van der Waals surface area contributed by atoms with E-state index in [9.17, 15) is 14.7 Å². The van der Waals surface area contributed by atoms with Crippen molar-refractivity contribution in [2.45, 2.75) is 19.1 Å². The minimum absolute atomic E-state index is 0.166. The normalized spacial score (nSPS) is 17.3. The van der Waals surface area contributed by atoms with Gasteiger partial charge in [0.15, 0.2) is 5.13 Å². The van der Waals surface area contributed by atoms with Crippen molar-refractivity contribution in [3.05, 3.63) is 64.5 Å². The van der Waals surface area contributed by atoms with Crippen LogP contribution in [0.1, 0.15) is 28.4 Å². The molecule has 1 aliphatic rings. The highest BCUT2D eigenvalue weighted by atomic mass is 32.1. The number of hydrogen-bond donors (Lipinski definition) is 3. The van der Waals surface area contributed by atoms with E-state index >= 15 is 0 Å². The molecular weight excluding hydrogens is 430 g/mol. The predicted molar refractivity (Wildman–Crippen MR) is 121 cm³/mol. The zero-order valence-corrected chi connectivity index (χ0v) is 18.5. The van der Waals surface area contributed by atoms with Gasteiger partial charge >= 0.3 is 0 Å². The zero-order valence-electron chi connectivity index (χ0n) is 17.7. The summed E-state index contributed by atoms with van der Waals surface area (Å²) in [5.74, 6) is -0.0651. The maximum Gasteiger partial charge on any atom is 0.251 e. The number of aromatic nitrogens is 1. The van der Waals surface area contributed by atoms with Gasteiger partial charge in [-0.25, -0.2) is 4.98 Å². The smallest absolute Gasteiger partial charge is 0.251 e. The molecule has 0 saturated carbocycles. The fraction of sp³-hybridized carbons (Fsp3) is 0.261. The van der Waals surface area contributed by atoms with E-state index in [0.717, 1.165) is 22.6 Å². The number of fused-ring (bicyclic) bond motifs is 1. The molecule has 3 aromatic rings. The van der Waals surface area contributed by atoms with Gasteiger partial charge in [-0.1, -0.05) is 18.2 Å². The summed E-state index contributed by atoms with van der Waals surface area (Å²) in [6, 6.07) is 12.5. The first-order chi connectivity index (χ1) is 15.4. The molecule has 0 radical (unpaired) electrons. The second-order valence-corrected chi connectivity index (χ2v) is 8.50. The molecule has 2 amide bonds. The van der Waals surface area contributed by atoms with Gasteiger partial charge in [-0.05, 0) is 42.3 Å². The Balaban J connectivity index is 1.35. The van der Waals surface area contributed by atoms with Crippen LogP contribution in [-0.2, 0) is 21.7 Å². The van der Waals surface area contributed by atoms with Crippen LogP contribution < -0.4 is 15.4 Å². The Morgan fingerprint density at radius 1 is 1.28 bits per heavy atom. The van der Waals surface area contributed by atoms with E-state index in [-0.39, 0.29) is 19.1 Å². The lowest BCUT2D eigenvalue weighted by Gasteiger charge is -2.31. The van der Waals surface area contributed by atoms with Gasteiger partial charge < -0.3 is 25.2 Å². The van der Waals surface area contributed by atoms with Crippen LogP contribution in [0.5, 0.6) is 5.75 Å². The summed E-state index contributed by atoms with van der Waals surface area (Å²) in [6.07, 6.45) is 0. The molecule has 0 aliphatic carbocycles. The van der Waals surface area contributed by atoms with Crippen LogP contribution in [0.25, 0.3) is 11.3 Å². The molecule has 0 fully saturated rings. The highest BCUT2D eigenvalue weighted by Gasteiger charge is 2.31. The summed E-state index contributed by atoms with van der Waals surface area (Å²) < 4.78 is 10.6. The number of thiazole rings is 1. The van der Waals surface area contributed by atoms with Crippen molar-refractivity contribution >= 4 is 28.3 Å². The molecule has 3 N–H and O–H groups in total. The van der Waals surface area contributed by atoms with Crippen molar-refractivity contribution in [1.82, 2.24) is 10.3 Å². The van der Waals surface area contributed by atoms with E-state index in [0.29, 0.717) is 22.9 Å². The van der Waals surface area contributed by atoms with Gasteiger partial charge in [-0.2, -0.15) is 0 Å². The van der Waals surface area contributed by atoms with Crippen molar-refractivity contribution in [1.29, 1.82) is 0 Å². The second kappa shape index (κ2) is 9.07. The van der Waals surface area contributed by atoms with Crippen molar-refractivity contribution in [2.24, 2.45) is 0 Å². The van der Waals surface area contributed by atoms with E-state index in [2.05, 4.69) is 15.6 Å². The quantitative estimate of drug-likeness (QED) is 0.529. The number of anilines is 1. The molecule has 0 spiro atoms. The molecule has 9 heteroatoms. The monoisotopic (exact) mass is 453 g/mol. The van der Waals surface area contributed by atoms with Gasteiger partial charge in [0, 0.05) is 16.5 Å². The SMILES string of the molecule is COc1cccc(-c2csc(NC(=O)CNC(=O)c3ccc4c(c3)C(C)(O)COC4)n2)c1. The van der Waals surface area contributed by atoms with E-state index in [1.54, 1.807) is 32.2 Å². The Hall–Kier alpha value is -3.27. The van der Waals surface area contributed by atoms with Crippen LogP contribution in [0.3, 0.4) is 0 Å². The number of aliphatic hydroxyl groups is 1. The highest BCUT2D eigenvalue weighted by Crippen LogP contribution is 2.31. The number of nitrogens with one attached hydrogen (secondary N) is 2. The Morgan fingerprint density at radius 3 is 2.94 bits per heavy atom. The third kappa shape index (κ3) is 4.80. The number of rotatable bonds is 6. The zero-order chi connectivity index (χ0) is 22.7. The molecule has 0 bridgehead atoms. The first-order valence-corrected chi connectivity index (χ1v) is 10.9. The van der Waals surface area contributed by atoms with Gasteiger partial charge in [-0.3, -0.25) is 9.59 Å². The van der Waals surface area contributed by atoms with Gasteiger partial charge in [0.1, 0.15) is 11.4 Å². The number of ether oxygens (including phenoxy) is 2. The van der Waals surface area contributed by atoms with Crippen molar-refractivity contribution in [3.63, 3.8) is 0 Å². The van der Waals surface area contributed by atoms with Crippen LogP contribution in [-0.4, -0.2) is 42.2 Å². The largest absolute Gasteiger partial charge is 0.497 e. The maximum absolute atomic E-state index is 12.5. The molecule has 0 saturated heterocycles. The van der Waals surface area contributed by atoms with E-state index < -0.39 is 11.5 Å². The number of methoxy groups -OCH3 is 1. The van der Waals surface area contributed by atoms with Gasteiger partial charge in [0.2, 0.25) is 5.91 Å². The molecule has 166 valence electrons. The molecule has 1 aliphatic heterocycles. The van der Waals surface area contributed by atoms with Crippen LogP contribution in [0.15, 0.2) is 47.8 Å². The summed E-state index contributed by atoms with van der Waals surface area (Å²) in [4.78, 5) is 29.2. The van der Waals surface area contributed by atoms with Crippen LogP contribution in [0.2, 0.25) is 0 Å². The molecule has 4 rings (SSSR count). The van der Waals surface area contributed by atoms with Gasteiger partial charge in [-0.15, -0.1) is 11.3 Å². The van der Waals surface area contributed by atoms with Crippen LogP contribution >= 0.6 is 11.3 Å². The number of benzene rings is 2. The lowest BCUT2D eigenvalue weighted by molar-refractivity contribution is -0.115. The summed E-state index contributed by atoms with van der Waals surface area (Å²) in [5, 5.41) is 18.1. The average Bonchev–Trinajstić information content (AvgIpc) is 3.25. The molecule has 1 unspecified atom stereocenters. The maximum atomic E-state index is 12.5. The fourth-order valence-corrected chi connectivity index (χ4v) is 4.19. The molecule has 2 aromatic carbocycles. The lowest BCUT2D eigenvalue weighted by atomic mass is 9.89.